The second kappa shape index (κ2) is 23.3. The number of aromatic nitrogens is 2. The Balaban J connectivity index is 0.000000261. The van der Waals surface area contributed by atoms with E-state index in [-0.39, 0.29) is 86.8 Å². The van der Waals surface area contributed by atoms with Crippen molar-refractivity contribution in [1.82, 2.24) is 19.4 Å². The first-order chi connectivity index (χ1) is 33.0. The van der Waals surface area contributed by atoms with Crippen LogP contribution in [0.5, 0.6) is 0 Å². The highest BCUT2D eigenvalue weighted by molar-refractivity contribution is 7.89. The molecule has 2 aliphatic rings. The Labute approximate surface area is 397 Å². The van der Waals surface area contributed by atoms with Crippen LogP contribution in [0.4, 0.5) is 38.0 Å². The Hall–Kier alpha value is -7.32. The van der Waals surface area contributed by atoms with Gasteiger partial charge in [-0.05, 0) is 80.1 Å². The van der Waals surface area contributed by atoms with Gasteiger partial charge in [-0.2, -0.15) is 10.5 Å². The summed E-state index contributed by atoms with van der Waals surface area (Å²) in [7, 11) is -8.10. The van der Waals surface area contributed by atoms with Crippen molar-refractivity contribution in [3.05, 3.63) is 117 Å². The SMILES string of the molecule is CCOC(=O)c1cc(C#N)c(N2CCC(C(=O)NS(=O)(=O)Cc3ccc(F)cc3)CC2)nc1C(F)F.N#Cc1cc(C(=O)O)c(C(F)F)nc1N1CCC(C(=O)NS(=O)(=O)Cc2cccc(F)c2)CC1. The number of sulfonamides is 2. The summed E-state index contributed by atoms with van der Waals surface area (Å²) in [6, 6.07) is 15.3. The van der Waals surface area contributed by atoms with Crippen LogP contribution >= 0.6 is 0 Å². The molecule has 0 spiro atoms. The lowest BCUT2D eigenvalue weighted by Crippen LogP contribution is -2.43. The molecule has 4 aromatic rings. The summed E-state index contributed by atoms with van der Waals surface area (Å²) in [6.45, 7) is 1.94. The molecular weight excluding hydrogens is 979 g/mol. The van der Waals surface area contributed by atoms with Gasteiger partial charge in [-0.3, -0.25) is 19.0 Å². The van der Waals surface area contributed by atoms with Crippen LogP contribution < -0.4 is 19.2 Å². The zero-order chi connectivity index (χ0) is 51.5. The number of pyridine rings is 2. The quantitative estimate of drug-likeness (QED) is 0.0957. The molecule has 2 amide bonds. The molecule has 0 atom stereocenters. The minimum atomic E-state index is -4.08. The summed E-state index contributed by atoms with van der Waals surface area (Å²) in [5, 5.41) is 28.0. The summed E-state index contributed by atoms with van der Waals surface area (Å²) < 4.78 is 138. The smallest absolute Gasteiger partial charge is 0.340 e. The first-order valence-corrected chi connectivity index (χ1v) is 24.3. The standard InChI is InChI=1S/C23H23F3N4O5S.C21H19F3N4O5S/c1-2-35-23(32)18-11-16(12-27)21(28-19(18)20(25)26)30-9-7-15(8-10-30)22(31)29-36(33,34)13-14-3-5-17(24)6-4-14;22-15-3-1-2-12(8-15)11-34(32,33)27-20(29)13-4-6-28(7-5-13)19-14(10-25)9-16(21(30)31)17(26-19)18(23)24/h3-6,11,15,20H,2,7-10,13H2,1H3,(H,29,31);1-3,8-9,13,18H,4-7,11H2,(H,27,29)(H,30,31). The minimum Gasteiger partial charge on any atom is -0.478 e. The summed E-state index contributed by atoms with van der Waals surface area (Å²) in [6.07, 6.45) is -5.64. The van der Waals surface area contributed by atoms with Crippen LogP contribution in [-0.4, -0.2) is 88.4 Å². The largest absolute Gasteiger partial charge is 0.478 e. The maximum atomic E-state index is 13.6. The fraction of sp³-hybridized carbons (Fsp3) is 0.364. The molecule has 2 aliphatic heterocycles. The van der Waals surface area contributed by atoms with Crippen molar-refractivity contribution in [2.75, 3.05) is 42.6 Å². The average Bonchev–Trinajstić information content (AvgIpc) is 3.31. The molecule has 372 valence electrons. The molecule has 70 heavy (non-hydrogen) atoms. The van der Waals surface area contributed by atoms with Crippen molar-refractivity contribution in [1.29, 1.82) is 10.5 Å². The third-order valence-corrected chi connectivity index (χ3v) is 13.3. The number of hydrogen-bond acceptors (Lipinski definition) is 15. The molecule has 2 aromatic carbocycles. The maximum absolute atomic E-state index is 13.6. The highest BCUT2D eigenvalue weighted by Crippen LogP contribution is 2.32. The van der Waals surface area contributed by atoms with Gasteiger partial charge >= 0.3 is 11.9 Å². The first kappa shape index (κ1) is 53.6. The summed E-state index contributed by atoms with van der Waals surface area (Å²) >= 11 is 0. The number of aromatic carboxylic acids is 1. The summed E-state index contributed by atoms with van der Waals surface area (Å²) in [4.78, 5) is 59.0. The minimum absolute atomic E-state index is 0.0413. The van der Waals surface area contributed by atoms with E-state index in [1.807, 2.05) is 15.5 Å². The van der Waals surface area contributed by atoms with E-state index in [2.05, 4.69) is 9.97 Å². The second-order valence-corrected chi connectivity index (χ2v) is 19.1. The normalized spacial score (nSPS) is 14.5. The van der Waals surface area contributed by atoms with Gasteiger partial charge in [0.05, 0.1) is 40.4 Å². The molecule has 26 heteroatoms. The topological polar surface area (TPSA) is 270 Å². The number of esters is 1. The molecule has 0 radical (unpaired) electrons. The van der Waals surface area contributed by atoms with E-state index in [0.717, 1.165) is 36.4 Å². The number of ether oxygens (including phenoxy) is 1. The number of rotatable bonds is 15. The molecule has 4 heterocycles. The number of carbonyl (C=O) groups is 4. The highest BCUT2D eigenvalue weighted by Gasteiger charge is 2.33. The number of carboxylic acids is 1. The van der Waals surface area contributed by atoms with E-state index < -0.39 is 114 Å². The van der Waals surface area contributed by atoms with Gasteiger partial charge in [0.1, 0.15) is 46.8 Å². The monoisotopic (exact) mass is 1020 g/mol. The molecule has 0 aliphatic carbocycles. The number of nitriles is 2. The molecule has 2 saturated heterocycles. The number of anilines is 2. The number of amides is 2. The predicted octanol–water partition coefficient (Wildman–Crippen LogP) is 5.66. The number of alkyl halides is 4. The molecule has 0 unspecified atom stereocenters. The molecule has 18 nitrogen and oxygen atoms in total. The number of carboxylic acid groups (broad SMARTS) is 1. The van der Waals surface area contributed by atoms with Crippen molar-refractivity contribution >= 4 is 55.4 Å². The number of nitrogens with one attached hydrogen (secondary N) is 2. The van der Waals surface area contributed by atoms with Crippen molar-refractivity contribution < 1.29 is 72.2 Å². The van der Waals surface area contributed by atoms with Crippen molar-refractivity contribution in [2.45, 2.75) is 57.0 Å². The zero-order valence-electron chi connectivity index (χ0n) is 36.8. The predicted molar refractivity (Wildman–Crippen MR) is 235 cm³/mol. The fourth-order valence-electron chi connectivity index (χ4n) is 7.46. The van der Waals surface area contributed by atoms with Crippen LogP contribution in [0.25, 0.3) is 0 Å². The number of halogens is 6. The van der Waals surface area contributed by atoms with Crippen molar-refractivity contribution in [2.24, 2.45) is 11.8 Å². The molecule has 6 rings (SSSR count). The van der Waals surface area contributed by atoms with Crippen molar-refractivity contribution in [3.63, 3.8) is 0 Å². The molecule has 0 saturated carbocycles. The zero-order valence-corrected chi connectivity index (χ0v) is 38.4. The fourth-order valence-corrected chi connectivity index (χ4v) is 9.80. The molecule has 2 aromatic heterocycles. The van der Waals surface area contributed by atoms with Crippen LogP contribution in [-0.2, 0) is 45.9 Å². The van der Waals surface area contributed by atoms with Crippen LogP contribution in [0, 0.1) is 46.1 Å². The van der Waals surface area contributed by atoms with Gasteiger partial charge in [0, 0.05) is 38.0 Å². The number of carbonyl (C=O) groups excluding carboxylic acids is 3. The summed E-state index contributed by atoms with van der Waals surface area (Å²) in [5.41, 5.74) is -2.87. The third kappa shape index (κ3) is 14.1. The lowest BCUT2D eigenvalue weighted by Gasteiger charge is -2.33. The Morgan fingerprint density at radius 2 is 1.14 bits per heavy atom. The van der Waals surface area contributed by atoms with Crippen molar-refractivity contribution in [3.8, 4) is 12.1 Å². The van der Waals surface area contributed by atoms with Gasteiger partial charge in [-0.1, -0.05) is 24.3 Å². The lowest BCUT2D eigenvalue weighted by molar-refractivity contribution is -0.124. The van der Waals surface area contributed by atoms with E-state index >= 15 is 0 Å². The summed E-state index contributed by atoms with van der Waals surface area (Å²) in [5.74, 6) is -7.89. The molecule has 2 fully saturated rings. The Bertz CT molecular complexity index is 2920. The van der Waals surface area contributed by atoms with Crippen LogP contribution in [0.1, 0.15) is 99.8 Å². The van der Waals surface area contributed by atoms with Crippen LogP contribution in [0.2, 0.25) is 0 Å². The van der Waals surface area contributed by atoms with Gasteiger partial charge in [0.25, 0.3) is 12.9 Å². The van der Waals surface area contributed by atoms with Gasteiger partial charge in [-0.15, -0.1) is 0 Å². The van der Waals surface area contributed by atoms with E-state index in [9.17, 15) is 72.9 Å². The van der Waals surface area contributed by atoms with Gasteiger partial charge < -0.3 is 19.6 Å². The highest BCUT2D eigenvalue weighted by atomic mass is 32.2. The Morgan fingerprint density at radius 3 is 1.56 bits per heavy atom. The van der Waals surface area contributed by atoms with Gasteiger partial charge in [0.15, 0.2) is 0 Å². The maximum Gasteiger partial charge on any atom is 0.340 e. The second-order valence-electron chi connectivity index (χ2n) is 15.7. The van der Waals surface area contributed by atoms with Gasteiger partial charge in [0.2, 0.25) is 31.9 Å². The lowest BCUT2D eigenvalue weighted by atomic mass is 9.96. The average molecular weight is 1020 g/mol. The van der Waals surface area contributed by atoms with Crippen LogP contribution in [0.3, 0.4) is 0 Å². The van der Waals surface area contributed by atoms with E-state index in [4.69, 9.17) is 9.84 Å². The number of benzene rings is 2. The molecular formula is C44H42F6N8O10S2. The molecule has 3 N–H and O–H groups in total. The van der Waals surface area contributed by atoms with Crippen LogP contribution in [0.15, 0.2) is 60.7 Å². The van der Waals surface area contributed by atoms with Gasteiger partial charge in [-0.25, -0.2) is 62.7 Å². The number of hydrogen-bond donors (Lipinski definition) is 3. The Morgan fingerprint density at radius 1 is 0.700 bits per heavy atom. The number of nitrogens with zero attached hydrogens (tertiary/aromatic N) is 6. The van der Waals surface area contributed by atoms with E-state index in [1.54, 1.807) is 6.07 Å². The third-order valence-electron chi connectivity index (χ3n) is 10.8. The number of piperidine rings is 2. The van der Waals surface area contributed by atoms with E-state index in [0.29, 0.717) is 5.56 Å². The Kier molecular flexibility index (Phi) is 17.9. The molecule has 0 bridgehead atoms. The first-order valence-electron chi connectivity index (χ1n) is 21.0. The van der Waals surface area contributed by atoms with E-state index in [1.165, 1.54) is 41.0 Å².